The predicted molar refractivity (Wildman–Crippen MR) is 102 cm³/mol. The number of amides is 1. The molecule has 0 aliphatic carbocycles. The van der Waals surface area contributed by atoms with E-state index in [1.165, 1.54) is 13.2 Å². The number of hydrogen-bond donors (Lipinski definition) is 1. The van der Waals surface area contributed by atoms with Crippen molar-refractivity contribution in [3.8, 4) is 17.2 Å². The first-order chi connectivity index (χ1) is 13.1. The molecule has 0 fully saturated rings. The largest absolute Gasteiger partial charge is 0.497 e. The summed E-state index contributed by atoms with van der Waals surface area (Å²) in [5.41, 5.74) is 1.52. The molecule has 7 heteroatoms. The highest BCUT2D eigenvalue weighted by atomic mass is 16.5. The fraction of sp³-hybridized carbons (Fsp3) is 0.400. The number of carbonyl (C=O) groups excluding carboxylic acids is 1. The van der Waals surface area contributed by atoms with Gasteiger partial charge in [0, 0.05) is 24.4 Å². The van der Waals surface area contributed by atoms with Gasteiger partial charge in [0.15, 0.2) is 0 Å². The molecule has 0 unspecified atom stereocenters. The molecule has 1 N–H and O–H groups in total. The van der Waals surface area contributed by atoms with Crippen LogP contribution in [-0.4, -0.2) is 31.3 Å². The Morgan fingerprint density at radius 2 is 1.96 bits per heavy atom. The van der Waals surface area contributed by atoms with Gasteiger partial charge in [-0.05, 0) is 38.3 Å². The molecule has 3 rings (SSSR count). The lowest BCUT2D eigenvalue weighted by molar-refractivity contribution is 0.102. The van der Waals surface area contributed by atoms with E-state index in [1.807, 2.05) is 6.92 Å². The Kier molecular flexibility index (Phi) is 5.69. The molecular weight excluding hydrogens is 348 g/mol. The van der Waals surface area contributed by atoms with Gasteiger partial charge in [-0.1, -0.05) is 0 Å². The summed E-state index contributed by atoms with van der Waals surface area (Å²) in [7, 11) is 3.09. The van der Waals surface area contributed by atoms with Crippen LogP contribution in [0.25, 0.3) is 0 Å². The summed E-state index contributed by atoms with van der Waals surface area (Å²) >= 11 is 0. The Balaban J connectivity index is 2.03. The number of benzene rings is 1. The molecule has 1 amide bonds. The van der Waals surface area contributed by atoms with Crippen molar-refractivity contribution >= 4 is 11.6 Å². The van der Waals surface area contributed by atoms with Gasteiger partial charge in [-0.15, -0.1) is 0 Å². The average Bonchev–Trinajstić information content (AvgIpc) is 2.68. The molecule has 144 valence electrons. The molecule has 1 aliphatic rings. The van der Waals surface area contributed by atoms with E-state index >= 15 is 0 Å². The number of aromatic nitrogens is 1. The van der Waals surface area contributed by atoms with Crippen molar-refractivity contribution in [2.24, 2.45) is 0 Å². The molecule has 7 nitrogen and oxygen atoms in total. The van der Waals surface area contributed by atoms with Crippen molar-refractivity contribution < 1.29 is 19.0 Å². The van der Waals surface area contributed by atoms with Crippen molar-refractivity contribution in [2.45, 2.75) is 32.7 Å². The monoisotopic (exact) mass is 372 g/mol. The highest BCUT2D eigenvalue weighted by Gasteiger charge is 2.25. The van der Waals surface area contributed by atoms with Crippen LogP contribution in [-0.2, 0) is 13.0 Å². The maximum Gasteiger partial charge on any atom is 0.261 e. The molecule has 2 heterocycles. The highest BCUT2D eigenvalue weighted by molar-refractivity contribution is 6.07. The minimum atomic E-state index is -0.326. The normalized spacial score (nSPS) is 12.9. The van der Waals surface area contributed by atoms with Gasteiger partial charge in [-0.2, -0.15) is 0 Å². The topological polar surface area (TPSA) is 78.8 Å². The van der Waals surface area contributed by atoms with Crippen molar-refractivity contribution in [1.29, 1.82) is 0 Å². The molecule has 0 saturated carbocycles. The Morgan fingerprint density at radius 1 is 1.15 bits per heavy atom. The third kappa shape index (κ3) is 3.77. The first-order valence-electron chi connectivity index (χ1n) is 9.02. The van der Waals surface area contributed by atoms with Crippen LogP contribution in [0, 0.1) is 0 Å². The molecule has 0 saturated heterocycles. The minimum Gasteiger partial charge on any atom is -0.497 e. The van der Waals surface area contributed by atoms with Crippen LogP contribution in [0.2, 0.25) is 0 Å². The zero-order valence-corrected chi connectivity index (χ0v) is 15.8. The highest BCUT2D eigenvalue weighted by Crippen LogP contribution is 2.31. The van der Waals surface area contributed by atoms with Crippen LogP contribution in [0.4, 0.5) is 5.69 Å². The number of rotatable bonds is 6. The lowest BCUT2D eigenvalue weighted by atomic mass is 10.0. The fourth-order valence-electron chi connectivity index (χ4n) is 3.34. The molecule has 0 atom stereocenters. The molecule has 1 aromatic heterocycles. The van der Waals surface area contributed by atoms with Gasteiger partial charge in [-0.25, -0.2) is 0 Å². The Hall–Kier alpha value is -2.96. The van der Waals surface area contributed by atoms with Gasteiger partial charge in [0.25, 0.3) is 11.5 Å². The summed E-state index contributed by atoms with van der Waals surface area (Å²) in [5.74, 6) is 1.11. The number of anilines is 1. The quantitative estimate of drug-likeness (QED) is 0.844. The van der Waals surface area contributed by atoms with E-state index in [4.69, 9.17) is 14.2 Å². The van der Waals surface area contributed by atoms with Gasteiger partial charge < -0.3 is 24.1 Å². The second kappa shape index (κ2) is 8.16. The average molecular weight is 372 g/mol. The summed E-state index contributed by atoms with van der Waals surface area (Å²) in [6.07, 6.45) is 2.52. The molecule has 1 aliphatic heterocycles. The van der Waals surface area contributed by atoms with E-state index in [9.17, 15) is 9.59 Å². The van der Waals surface area contributed by atoms with Gasteiger partial charge in [0.05, 0.1) is 26.5 Å². The maximum absolute atomic E-state index is 13.1. The van der Waals surface area contributed by atoms with Crippen molar-refractivity contribution in [1.82, 2.24) is 4.57 Å². The maximum atomic E-state index is 13.1. The summed E-state index contributed by atoms with van der Waals surface area (Å²) in [6, 6.07) is 6.56. The zero-order chi connectivity index (χ0) is 19.4. The van der Waals surface area contributed by atoms with E-state index in [0.717, 1.165) is 18.5 Å². The third-order valence-electron chi connectivity index (χ3n) is 4.61. The number of hydrogen-bond acceptors (Lipinski definition) is 5. The number of ether oxygens (including phenoxy) is 3. The molecule has 27 heavy (non-hydrogen) atoms. The lowest BCUT2D eigenvalue weighted by Gasteiger charge is -2.23. The van der Waals surface area contributed by atoms with E-state index in [0.29, 0.717) is 48.1 Å². The summed E-state index contributed by atoms with van der Waals surface area (Å²) in [5, 5.41) is 2.88. The number of nitrogens with zero attached hydrogens (tertiary/aromatic N) is 1. The molecule has 1 aromatic carbocycles. The van der Waals surface area contributed by atoms with E-state index < -0.39 is 0 Å². The van der Waals surface area contributed by atoms with Crippen LogP contribution >= 0.6 is 0 Å². The smallest absolute Gasteiger partial charge is 0.261 e. The fourth-order valence-corrected chi connectivity index (χ4v) is 3.34. The van der Waals surface area contributed by atoms with Crippen molar-refractivity contribution in [3.63, 3.8) is 0 Å². The first-order valence-corrected chi connectivity index (χ1v) is 9.02. The second-order valence-corrected chi connectivity index (χ2v) is 6.23. The van der Waals surface area contributed by atoms with Crippen LogP contribution in [0.15, 0.2) is 29.1 Å². The Labute approximate surface area is 157 Å². The van der Waals surface area contributed by atoms with Crippen molar-refractivity contribution in [3.05, 3.63) is 45.9 Å². The minimum absolute atomic E-state index is 0.133. The predicted octanol–water partition coefficient (Wildman–Crippen LogP) is 2.85. The van der Waals surface area contributed by atoms with E-state index in [-0.39, 0.29) is 11.5 Å². The number of methoxy groups -OCH3 is 2. The molecule has 2 aromatic rings. The van der Waals surface area contributed by atoms with Gasteiger partial charge >= 0.3 is 0 Å². The van der Waals surface area contributed by atoms with Gasteiger partial charge in [0.2, 0.25) is 0 Å². The molecular formula is C20H24N2O5. The zero-order valence-electron chi connectivity index (χ0n) is 15.8. The number of nitrogens with one attached hydrogen (secondary N) is 1. The summed E-state index contributed by atoms with van der Waals surface area (Å²) < 4.78 is 17.8. The van der Waals surface area contributed by atoms with E-state index in [1.54, 1.807) is 29.9 Å². The number of pyridine rings is 1. The Bertz CT molecular complexity index is 904. The van der Waals surface area contributed by atoms with E-state index in [2.05, 4.69) is 5.32 Å². The van der Waals surface area contributed by atoms with Crippen molar-refractivity contribution in [2.75, 3.05) is 26.1 Å². The summed E-state index contributed by atoms with van der Waals surface area (Å²) in [4.78, 5) is 25.5. The van der Waals surface area contributed by atoms with Gasteiger partial charge in [-0.3, -0.25) is 9.59 Å². The molecule has 0 radical (unpaired) electrons. The number of carbonyl (C=O) groups is 1. The lowest BCUT2D eigenvalue weighted by Crippen LogP contribution is -2.31. The summed E-state index contributed by atoms with van der Waals surface area (Å²) in [6.45, 7) is 2.81. The molecule has 0 spiro atoms. The molecule has 0 bridgehead atoms. The first kappa shape index (κ1) is 18.8. The Morgan fingerprint density at radius 3 is 2.67 bits per heavy atom. The van der Waals surface area contributed by atoms with Crippen LogP contribution < -0.4 is 25.1 Å². The standard InChI is InChI=1S/C20H24N2O5/c1-4-27-17-12-18(23)22-10-6-5-7-15(22)19(17)20(24)21-14-9-8-13(25-2)11-16(14)26-3/h8-9,11-12H,4-7,10H2,1-3H3,(H,21,24). The van der Waals surface area contributed by atoms with Crippen LogP contribution in [0.3, 0.4) is 0 Å². The third-order valence-corrected chi connectivity index (χ3v) is 4.61. The van der Waals surface area contributed by atoms with Gasteiger partial charge in [0.1, 0.15) is 22.8 Å². The number of fused-ring (bicyclic) bond motifs is 1. The second-order valence-electron chi connectivity index (χ2n) is 6.23. The SMILES string of the molecule is CCOc1cc(=O)n2c(c1C(=O)Nc1ccc(OC)cc1OC)CCCC2. The van der Waals surface area contributed by atoms with Crippen LogP contribution in [0.5, 0.6) is 17.2 Å². The van der Waals surface area contributed by atoms with Crippen LogP contribution in [0.1, 0.15) is 35.8 Å².